The highest BCUT2D eigenvalue weighted by Gasteiger charge is 2.12. The first kappa shape index (κ1) is 18.6. The molecule has 25 heavy (non-hydrogen) atoms. The summed E-state index contributed by atoms with van der Waals surface area (Å²) in [6.07, 6.45) is 0.461. The van der Waals surface area contributed by atoms with Gasteiger partial charge in [0.25, 0.3) is 0 Å². The minimum absolute atomic E-state index is 0.0283. The van der Waals surface area contributed by atoms with Crippen LogP contribution in [-0.2, 0) is 32.6 Å². The average molecular weight is 361 g/mol. The topological polar surface area (TPSA) is 118 Å². The van der Waals surface area contributed by atoms with E-state index >= 15 is 0 Å². The van der Waals surface area contributed by atoms with Gasteiger partial charge in [-0.15, -0.1) is 0 Å². The van der Waals surface area contributed by atoms with Crippen LogP contribution in [0.3, 0.4) is 0 Å². The van der Waals surface area contributed by atoms with Crippen molar-refractivity contribution in [3.8, 4) is 0 Å². The summed E-state index contributed by atoms with van der Waals surface area (Å²) in [6, 6.07) is 15.3. The molecule has 0 aliphatic carbocycles. The molecule has 0 radical (unpaired) electrons. The molecule has 0 aromatic heterocycles. The third-order valence-corrected chi connectivity index (χ3v) is 4.38. The van der Waals surface area contributed by atoms with E-state index in [0.717, 1.165) is 11.1 Å². The number of amides is 2. The number of hydrogen-bond acceptors (Lipinski definition) is 4. The standard InChI is InChI=1S/C17H19N3O4S/c18-25(23,24)15-8-6-13(7-9-15)10-11-19-16(21)17(22)20-12-14-4-2-1-3-5-14/h1-9H,10-12H2,(H,19,21)(H,20,22)(H2,18,23,24). The number of carbonyl (C=O) groups excluding carboxylic acids is 2. The van der Waals surface area contributed by atoms with Crippen LogP contribution in [0.15, 0.2) is 59.5 Å². The van der Waals surface area contributed by atoms with Crippen LogP contribution in [0.1, 0.15) is 11.1 Å². The first-order valence-electron chi connectivity index (χ1n) is 7.58. The molecule has 0 fully saturated rings. The summed E-state index contributed by atoms with van der Waals surface area (Å²) < 4.78 is 22.3. The van der Waals surface area contributed by atoms with Gasteiger partial charge in [0.1, 0.15) is 0 Å². The second-order valence-electron chi connectivity index (χ2n) is 5.36. The summed E-state index contributed by atoms with van der Waals surface area (Å²) in [7, 11) is -3.72. The minimum Gasteiger partial charge on any atom is -0.348 e. The van der Waals surface area contributed by atoms with Crippen LogP contribution in [0.2, 0.25) is 0 Å². The Labute approximate surface area is 146 Å². The number of primary sulfonamides is 1. The zero-order valence-electron chi connectivity index (χ0n) is 13.4. The van der Waals surface area contributed by atoms with E-state index < -0.39 is 21.8 Å². The molecule has 2 rings (SSSR count). The fraction of sp³-hybridized carbons (Fsp3) is 0.176. The maximum atomic E-state index is 11.7. The van der Waals surface area contributed by atoms with Crippen LogP contribution in [0, 0.1) is 0 Å². The summed E-state index contributed by atoms with van der Waals surface area (Å²) in [6.45, 7) is 0.536. The molecule has 4 N–H and O–H groups in total. The van der Waals surface area contributed by atoms with E-state index in [1.165, 1.54) is 12.1 Å². The van der Waals surface area contributed by atoms with Gasteiger partial charge in [0.15, 0.2) is 0 Å². The SMILES string of the molecule is NS(=O)(=O)c1ccc(CCNC(=O)C(=O)NCc2ccccc2)cc1. The Balaban J connectivity index is 1.75. The fourth-order valence-electron chi connectivity index (χ4n) is 2.10. The zero-order chi connectivity index (χ0) is 18.3. The van der Waals surface area contributed by atoms with Gasteiger partial charge in [-0.2, -0.15) is 0 Å². The van der Waals surface area contributed by atoms with Gasteiger partial charge in [-0.1, -0.05) is 42.5 Å². The van der Waals surface area contributed by atoms with Gasteiger partial charge in [0, 0.05) is 13.1 Å². The molecule has 132 valence electrons. The van der Waals surface area contributed by atoms with Crippen molar-refractivity contribution in [2.75, 3.05) is 6.54 Å². The smallest absolute Gasteiger partial charge is 0.309 e. The zero-order valence-corrected chi connectivity index (χ0v) is 14.3. The van der Waals surface area contributed by atoms with Crippen molar-refractivity contribution >= 4 is 21.8 Å². The van der Waals surface area contributed by atoms with Gasteiger partial charge in [0.05, 0.1) is 4.90 Å². The third-order valence-electron chi connectivity index (χ3n) is 3.45. The van der Waals surface area contributed by atoms with Gasteiger partial charge < -0.3 is 10.6 Å². The lowest BCUT2D eigenvalue weighted by Crippen LogP contribution is -2.40. The monoisotopic (exact) mass is 361 g/mol. The Bertz CT molecular complexity index is 834. The van der Waals surface area contributed by atoms with Gasteiger partial charge in [-0.25, -0.2) is 13.6 Å². The highest BCUT2D eigenvalue weighted by Crippen LogP contribution is 2.08. The molecule has 0 spiro atoms. The van der Waals surface area contributed by atoms with Crippen molar-refractivity contribution in [3.63, 3.8) is 0 Å². The van der Waals surface area contributed by atoms with E-state index in [1.54, 1.807) is 12.1 Å². The van der Waals surface area contributed by atoms with Crippen LogP contribution in [0.5, 0.6) is 0 Å². The van der Waals surface area contributed by atoms with Crippen molar-refractivity contribution in [3.05, 3.63) is 65.7 Å². The number of rotatable bonds is 6. The van der Waals surface area contributed by atoms with Crippen LogP contribution < -0.4 is 15.8 Å². The predicted octanol–water partition coefficient (Wildman–Crippen LogP) is 0.309. The molecule has 2 amide bonds. The molecule has 7 nitrogen and oxygen atoms in total. The summed E-state index contributed by atoms with van der Waals surface area (Å²) in [4.78, 5) is 23.5. The normalized spacial score (nSPS) is 10.9. The summed E-state index contributed by atoms with van der Waals surface area (Å²) in [5, 5.41) is 10.1. The van der Waals surface area contributed by atoms with Gasteiger partial charge in [-0.3, -0.25) is 9.59 Å². The van der Waals surface area contributed by atoms with Gasteiger partial charge in [0.2, 0.25) is 10.0 Å². The lowest BCUT2D eigenvalue weighted by atomic mass is 10.1. The number of hydrogen-bond donors (Lipinski definition) is 3. The molecular formula is C17H19N3O4S. The van der Waals surface area contributed by atoms with Crippen LogP contribution in [0.4, 0.5) is 0 Å². The minimum atomic E-state index is -3.72. The molecule has 2 aromatic rings. The Morgan fingerprint density at radius 3 is 2.04 bits per heavy atom. The van der Waals surface area contributed by atoms with Crippen LogP contribution in [-0.4, -0.2) is 26.8 Å². The Kier molecular flexibility index (Phi) is 6.26. The highest BCUT2D eigenvalue weighted by atomic mass is 32.2. The number of nitrogens with one attached hydrogen (secondary N) is 2. The Morgan fingerprint density at radius 2 is 1.44 bits per heavy atom. The van der Waals surface area contributed by atoms with E-state index in [-0.39, 0.29) is 18.0 Å². The van der Waals surface area contributed by atoms with Crippen molar-refractivity contribution in [2.24, 2.45) is 5.14 Å². The lowest BCUT2D eigenvalue weighted by Gasteiger charge is -2.07. The van der Waals surface area contributed by atoms with Gasteiger partial charge >= 0.3 is 11.8 Å². The van der Waals surface area contributed by atoms with Crippen molar-refractivity contribution in [1.29, 1.82) is 0 Å². The summed E-state index contributed by atoms with van der Waals surface area (Å²) in [5.41, 5.74) is 1.72. The molecule has 0 saturated heterocycles. The maximum Gasteiger partial charge on any atom is 0.309 e. The van der Waals surface area contributed by atoms with E-state index in [2.05, 4.69) is 10.6 Å². The largest absolute Gasteiger partial charge is 0.348 e. The number of carbonyl (C=O) groups is 2. The van der Waals surface area contributed by atoms with E-state index in [9.17, 15) is 18.0 Å². The second-order valence-corrected chi connectivity index (χ2v) is 6.92. The quantitative estimate of drug-likeness (QED) is 0.642. The second kappa shape index (κ2) is 8.41. The number of nitrogens with two attached hydrogens (primary N) is 1. The first-order valence-corrected chi connectivity index (χ1v) is 9.12. The van der Waals surface area contributed by atoms with E-state index in [4.69, 9.17) is 5.14 Å². The molecule has 0 aliphatic heterocycles. The average Bonchev–Trinajstić information content (AvgIpc) is 2.60. The fourth-order valence-corrected chi connectivity index (χ4v) is 2.62. The lowest BCUT2D eigenvalue weighted by molar-refractivity contribution is -0.139. The van der Waals surface area contributed by atoms with E-state index in [1.807, 2.05) is 30.3 Å². The highest BCUT2D eigenvalue weighted by molar-refractivity contribution is 7.89. The Morgan fingerprint density at radius 1 is 0.840 bits per heavy atom. The molecule has 0 aliphatic rings. The van der Waals surface area contributed by atoms with E-state index in [0.29, 0.717) is 6.42 Å². The molecule has 0 saturated carbocycles. The van der Waals surface area contributed by atoms with Crippen LogP contribution >= 0.6 is 0 Å². The third kappa shape index (κ3) is 6.02. The molecule has 0 atom stereocenters. The number of benzene rings is 2. The summed E-state index contributed by atoms with van der Waals surface area (Å²) >= 11 is 0. The molecular weight excluding hydrogens is 342 g/mol. The first-order chi connectivity index (χ1) is 11.9. The van der Waals surface area contributed by atoms with Crippen molar-refractivity contribution in [1.82, 2.24) is 10.6 Å². The van der Waals surface area contributed by atoms with Crippen LogP contribution in [0.25, 0.3) is 0 Å². The Hall–Kier alpha value is -2.71. The van der Waals surface area contributed by atoms with Gasteiger partial charge in [-0.05, 0) is 29.7 Å². The molecule has 2 aromatic carbocycles. The summed E-state index contributed by atoms with van der Waals surface area (Å²) in [5.74, 6) is -1.41. The van der Waals surface area contributed by atoms with Crippen molar-refractivity contribution < 1.29 is 18.0 Å². The molecule has 0 heterocycles. The number of sulfonamides is 1. The molecule has 8 heteroatoms. The predicted molar refractivity (Wildman–Crippen MR) is 92.8 cm³/mol. The molecule has 0 unspecified atom stereocenters. The van der Waals surface area contributed by atoms with Crippen molar-refractivity contribution in [2.45, 2.75) is 17.9 Å². The maximum absolute atomic E-state index is 11.7. The molecule has 0 bridgehead atoms.